The summed E-state index contributed by atoms with van der Waals surface area (Å²) in [5, 5.41) is 11.1. The van der Waals surface area contributed by atoms with Gasteiger partial charge in [-0.1, -0.05) is 24.1 Å². The Morgan fingerprint density at radius 1 is 1.19 bits per heavy atom. The van der Waals surface area contributed by atoms with Crippen molar-refractivity contribution in [1.29, 1.82) is 5.41 Å². The Morgan fingerprint density at radius 2 is 1.91 bits per heavy atom. The molecule has 1 aliphatic rings. The molecule has 2 N–H and O–H groups in total. The highest BCUT2D eigenvalue weighted by molar-refractivity contribution is 6.05. The van der Waals surface area contributed by atoms with Gasteiger partial charge in [-0.25, -0.2) is 0 Å². The van der Waals surface area contributed by atoms with Gasteiger partial charge in [0, 0.05) is 30.3 Å². The maximum Gasteiger partial charge on any atom is 0.306 e. The number of amides is 1. The number of fused-ring (bicyclic) bond motifs is 1. The lowest BCUT2D eigenvalue weighted by molar-refractivity contribution is -0.144. The van der Waals surface area contributed by atoms with Crippen LogP contribution in [-0.4, -0.2) is 42.8 Å². The zero-order valence-corrected chi connectivity index (χ0v) is 18.6. The van der Waals surface area contributed by atoms with Crippen LogP contribution in [0, 0.1) is 23.7 Å². The smallest absolute Gasteiger partial charge is 0.306 e. The van der Waals surface area contributed by atoms with Gasteiger partial charge in [0.25, 0.3) is 5.91 Å². The molecule has 1 aliphatic carbocycles. The normalized spacial score (nSPS) is 14.6. The van der Waals surface area contributed by atoms with E-state index in [0.717, 1.165) is 24.9 Å². The van der Waals surface area contributed by atoms with E-state index in [9.17, 15) is 9.59 Å². The minimum Gasteiger partial charge on any atom is -0.466 e. The molecule has 6 heteroatoms. The van der Waals surface area contributed by atoms with Crippen molar-refractivity contribution in [2.75, 3.05) is 25.5 Å². The van der Waals surface area contributed by atoms with Crippen LogP contribution >= 0.6 is 0 Å². The largest absolute Gasteiger partial charge is 0.466 e. The van der Waals surface area contributed by atoms with Crippen LogP contribution in [0.2, 0.25) is 0 Å². The number of nitrogens with zero attached hydrogens (tertiary/aromatic N) is 1. The summed E-state index contributed by atoms with van der Waals surface area (Å²) in [6.45, 7) is 2.59. The molecule has 166 valence electrons. The van der Waals surface area contributed by atoms with Gasteiger partial charge in [0.15, 0.2) is 0 Å². The van der Waals surface area contributed by atoms with Crippen molar-refractivity contribution in [1.82, 2.24) is 4.90 Å². The number of ether oxygens (including phenoxy) is 1. The van der Waals surface area contributed by atoms with E-state index in [0.29, 0.717) is 42.5 Å². The van der Waals surface area contributed by atoms with E-state index in [1.807, 2.05) is 25.1 Å². The predicted molar refractivity (Wildman–Crippen MR) is 126 cm³/mol. The molecule has 32 heavy (non-hydrogen) atoms. The molecular formula is C26H29N3O3. The summed E-state index contributed by atoms with van der Waals surface area (Å²) in [4.78, 5) is 26.1. The Balaban J connectivity index is 1.61. The van der Waals surface area contributed by atoms with Crippen molar-refractivity contribution >= 4 is 23.4 Å². The van der Waals surface area contributed by atoms with Gasteiger partial charge in [0.2, 0.25) is 0 Å². The molecule has 1 unspecified atom stereocenters. The highest BCUT2D eigenvalue weighted by Crippen LogP contribution is 2.30. The minimum atomic E-state index is -0.198. The van der Waals surface area contributed by atoms with Crippen LogP contribution in [0.1, 0.15) is 46.8 Å². The van der Waals surface area contributed by atoms with Gasteiger partial charge in [0.05, 0.1) is 13.2 Å². The van der Waals surface area contributed by atoms with Crippen molar-refractivity contribution < 1.29 is 14.3 Å². The molecule has 0 fully saturated rings. The summed E-state index contributed by atoms with van der Waals surface area (Å²) in [6.07, 6.45) is 8.42. The van der Waals surface area contributed by atoms with E-state index in [1.165, 1.54) is 11.1 Å². The van der Waals surface area contributed by atoms with Crippen LogP contribution in [0.3, 0.4) is 0 Å². The molecule has 0 saturated heterocycles. The number of terminal acetylenes is 1. The number of aryl methyl sites for hydroxylation is 1. The molecule has 0 spiro atoms. The summed E-state index contributed by atoms with van der Waals surface area (Å²) in [6, 6.07) is 12.9. The van der Waals surface area contributed by atoms with Gasteiger partial charge in [0.1, 0.15) is 5.84 Å². The lowest BCUT2D eigenvalue weighted by Crippen LogP contribution is -2.27. The molecular weight excluding hydrogens is 402 g/mol. The number of carbonyl (C=O) groups is 2. The van der Waals surface area contributed by atoms with Crippen LogP contribution in [-0.2, 0) is 22.4 Å². The van der Waals surface area contributed by atoms with Gasteiger partial charge in [-0.3, -0.25) is 15.0 Å². The molecule has 1 amide bonds. The second-order valence-electron chi connectivity index (χ2n) is 8.04. The van der Waals surface area contributed by atoms with Crippen LogP contribution in [0.5, 0.6) is 0 Å². The van der Waals surface area contributed by atoms with E-state index in [2.05, 4.69) is 11.2 Å². The number of hydrogen-bond donors (Lipinski definition) is 2. The molecule has 6 nitrogen and oxygen atoms in total. The number of esters is 1. The summed E-state index contributed by atoms with van der Waals surface area (Å²) in [7, 11) is 1.76. The van der Waals surface area contributed by atoms with Crippen molar-refractivity contribution in [3.05, 3.63) is 64.7 Å². The average molecular weight is 432 g/mol. The average Bonchev–Trinajstić information content (AvgIpc) is 2.79. The van der Waals surface area contributed by atoms with Gasteiger partial charge >= 0.3 is 5.97 Å². The van der Waals surface area contributed by atoms with Gasteiger partial charge < -0.3 is 15.0 Å². The predicted octanol–water partition coefficient (Wildman–Crippen LogP) is 3.89. The third kappa shape index (κ3) is 5.76. The van der Waals surface area contributed by atoms with Crippen molar-refractivity contribution in [3.63, 3.8) is 0 Å². The lowest BCUT2D eigenvalue weighted by Gasteiger charge is -2.24. The Hall–Kier alpha value is -3.59. The molecule has 0 aliphatic heterocycles. The summed E-state index contributed by atoms with van der Waals surface area (Å²) in [5.74, 6) is 2.80. The van der Waals surface area contributed by atoms with Crippen LogP contribution < -0.4 is 5.32 Å². The summed E-state index contributed by atoms with van der Waals surface area (Å²) >= 11 is 0. The standard InChI is InChI=1S/C26H29N3O3/c1-4-14-29(3)25(27)19-8-10-20(11-9-19)26(31)28-23-13-12-21-15-18(6-7-22(21)17-23)16-24(30)32-5-2/h1,8-13,17-18,27H,5-7,14-16H2,2-3H3,(H,28,31). The van der Waals surface area contributed by atoms with Crippen LogP contribution in [0.15, 0.2) is 42.5 Å². The van der Waals surface area contributed by atoms with Gasteiger partial charge in [-0.05, 0) is 67.5 Å². The van der Waals surface area contributed by atoms with Crippen molar-refractivity contribution in [2.45, 2.75) is 32.6 Å². The molecule has 0 saturated carbocycles. The topological polar surface area (TPSA) is 82.5 Å². The first-order chi connectivity index (χ1) is 15.4. The number of hydrogen-bond acceptors (Lipinski definition) is 4. The fourth-order valence-corrected chi connectivity index (χ4v) is 3.96. The fraction of sp³-hybridized carbons (Fsp3) is 0.346. The van der Waals surface area contributed by atoms with Crippen molar-refractivity contribution in [3.8, 4) is 12.3 Å². The maximum atomic E-state index is 12.7. The Labute approximate surface area is 189 Å². The quantitative estimate of drug-likeness (QED) is 0.302. The number of carbonyl (C=O) groups excluding carboxylic acids is 2. The number of nitrogens with one attached hydrogen (secondary N) is 2. The van der Waals surface area contributed by atoms with Crippen molar-refractivity contribution in [2.24, 2.45) is 5.92 Å². The maximum absolute atomic E-state index is 12.7. The minimum absolute atomic E-state index is 0.131. The van der Waals surface area contributed by atoms with E-state index >= 15 is 0 Å². The van der Waals surface area contributed by atoms with Gasteiger partial charge in [-0.2, -0.15) is 0 Å². The third-order valence-corrected chi connectivity index (χ3v) is 5.69. The number of anilines is 1. The lowest BCUT2D eigenvalue weighted by atomic mass is 9.82. The van der Waals surface area contributed by atoms with E-state index in [1.54, 1.807) is 36.2 Å². The summed E-state index contributed by atoms with van der Waals surface area (Å²) in [5.41, 5.74) is 4.41. The Bertz CT molecular complexity index is 1040. The summed E-state index contributed by atoms with van der Waals surface area (Å²) < 4.78 is 5.07. The molecule has 2 aromatic carbocycles. The highest BCUT2D eigenvalue weighted by Gasteiger charge is 2.22. The Morgan fingerprint density at radius 3 is 2.59 bits per heavy atom. The third-order valence-electron chi connectivity index (χ3n) is 5.69. The zero-order chi connectivity index (χ0) is 23.1. The first kappa shape index (κ1) is 23.1. The van der Waals surface area contributed by atoms with Crippen LogP contribution in [0.25, 0.3) is 0 Å². The first-order valence-electron chi connectivity index (χ1n) is 10.8. The molecule has 2 aromatic rings. The zero-order valence-electron chi connectivity index (χ0n) is 18.6. The number of benzene rings is 2. The fourth-order valence-electron chi connectivity index (χ4n) is 3.96. The van der Waals surface area contributed by atoms with E-state index in [4.69, 9.17) is 16.6 Å². The highest BCUT2D eigenvalue weighted by atomic mass is 16.5. The Kier molecular flexibility index (Phi) is 7.67. The second-order valence-corrected chi connectivity index (χ2v) is 8.04. The molecule has 0 aromatic heterocycles. The SMILES string of the molecule is C#CCN(C)C(=N)c1ccc(C(=O)Nc2ccc3c(c2)CCC(CC(=O)OCC)C3)cc1. The second kappa shape index (κ2) is 10.6. The van der Waals surface area contributed by atoms with Gasteiger partial charge in [-0.15, -0.1) is 6.42 Å². The number of amidine groups is 1. The molecule has 0 heterocycles. The van der Waals surface area contributed by atoms with Crippen LogP contribution in [0.4, 0.5) is 5.69 Å². The van der Waals surface area contributed by atoms with E-state index < -0.39 is 0 Å². The number of rotatable bonds is 7. The van der Waals surface area contributed by atoms with E-state index in [-0.39, 0.29) is 11.9 Å². The monoisotopic (exact) mass is 431 g/mol. The first-order valence-corrected chi connectivity index (χ1v) is 10.8. The molecule has 0 bridgehead atoms. The molecule has 1 atom stereocenters. The molecule has 3 rings (SSSR count). The molecule has 0 radical (unpaired) electrons.